The molecule has 0 amide bonds. The third-order valence-electron chi connectivity index (χ3n) is 5.63. The van der Waals surface area contributed by atoms with Gasteiger partial charge >= 0.3 is 0 Å². The highest BCUT2D eigenvalue weighted by Crippen LogP contribution is 2.40. The van der Waals surface area contributed by atoms with Crippen molar-refractivity contribution < 1.29 is 39.1 Å². The lowest BCUT2D eigenvalue weighted by Gasteiger charge is -2.34. The number of aliphatic hydroxyl groups is 1. The van der Waals surface area contributed by atoms with Crippen LogP contribution >= 0.6 is 0 Å². The Hall–Kier alpha value is -3.15. The lowest BCUT2D eigenvalue weighted by Crippen LogP contribution is -2.46. The van der Waals surface area contributed by atoms with E-state index in [-0.39, 0.29) is 12.7 Å². The Morgan fingerprint density at radius 1 is 1.09 bits per heavy atom. The lowest BCUT2D eigenvalue weighted by molar-refractivity contribution is -0.135. The van der Waals surface area contributed by atoms with Gasteiger partial charge in [0.05, 0.1) is 26.9 Å². The third-order valence-corrected chi connectivity index (χ3v) is 5.63. The quantitative estimate of drug-likeness (QED) is 0.547. The highest BCUT2D eigenvalue weighted by atomic mass is 16.5. The van der Waals surface area contributed by atoms with E-state index in [1.54, 1.807) is 14.2 Å². The van der Waals surface area contributed by atoms with Gasteiger partial charge < -0.3 is 34.1 Å². The predicted octanol–water partition coefficient (Wildman–Crippen LogP) is 2.15. The van der Waals surface area contributed by atoms with E-state index in [4.69, 9.17) is 34.0 Å². The number of hydrogen-bond acceptors (Lipinski definition) is 8. The Morgan fingerprint density at radius 3 is 2.23 bits per heavy atom. The zero-order chi connectivity index (χ0) is 26.0. The average molecular weight is 494 g/mol. The normalized spacial score (nSPS) is 21.0. The van der Waals surface area contributed by atoms with E-state index < -0.39 is 11.9 Å². The summed E-state index contributed by atoms with van der Waals surface area (Å²) >= 11 is 0. The summed E-state index contributed by atoms with van der Waals surface area (Å²) in [4.78, 5) is 25.1. The molecule has 2 aromatic rings. The van der Waals surface area contributed by atoms with Crippen molar-refractivity contribution in [2.24, 2.45) is 0 Å². The Kier molecular flexibility index (Phi) is 11.0. The van der Waals surface area contributed by atoms with Crippen molar-refractivity contribution >= 4 is 11.9 Å². The van der Waals surface area contributed by atoms with Crippen molar-refractivity contribution in [3.05, 3.63) is 30.6 Å². The molecule has 2 aliphatic rings. The second kappa shape index (κ2) is 13.7. The summed E-state index contributed by atoms with van der Waals surface area (Å²) in [5.74, 6) is 0.703. The van der Waals surface area contributed by atoms with Crippen molar-refractivity contribution in [2.45, 2.75) is 44.9 Å². The molecular weight excluding hydrogens is 458 g/mol. The maximum absolute atomic E-state index is 9.19. The summed E-state index contributed by atoms with van der Waals surface area (Å²) in [6.07, 6.45) is 5.72. The number of morpholine rings is 1. The minimum atomic E-state index is -0.833. The molecule has 0 bridgehead atoms. The Morgan fingerprint density at radius 2 is 1.69 bits per heavy atom. The molecule has 0 unspecified atom stereocenters. The van der Waals surface area contributed by atoms with Gasteiger partial charge in [-0.3, -0.25) is 14.5 Å². The Balaban J connectivity index is 0.000000473. The number of carbonyl (C=O) groups is 2. The number of nitrogens with zero attached hydrogens (tertiary/aromatic N) is 3. The standard InChI is InChI=1S/C20H27N3O4.2C2H4O2/c1-25-17-4-3-5-18(26-2)19(17)20-21-7-8-23(20)14-10-15-13-27-16(6-9-24)12-22(15)11-14;2*1-2(3)4/h3-5,7-8,14-16,24H,6,9-13H2,1-2H3;2*1H3,(H,3,4)/t14-,15+,16+;;/m1../s1. The number of imidazole rings is 1. The molecule has 1 aromatic heterocycles. The number of methoxy groups -OCH3 is 2. The van der Waals surface area contributed by atoms with E-state index in [0.717, 1.165) is 62.9 Å². The van der Waals surface area contributed by atoms with Crippen LogP contribution in [-0.2, 0) is 14.3 Å². The van der Waals surface area contributed by atoms with Crippen LogP contribution < -0.4 is 9.47 Å². The molecule has 3 N–H and O–H groups in total. The minimum absolute atomic E-state index is 0.126. The number of carboxylic acid groups (broad SMARTS) is 2. The summed E-state index contributed by atoms with van der Waals surface area (Å²) in [7, 11) is 3.33. The molecule has 4 rings (SSSR count). The number of carboxylic acids is 2. The lowest BCUT2D eigenvalue weighted by atomic mass is 10.1. The molecule has 3 atom stereocenters. The number of ether oxygens (including phenoxy) is 3. The number of aromatic nitrogens is 2. The molecule has 11 nitrogen and oxygen atoms in total. The van der Waals surface area contributed by atoms with Gasteiger partial charge in [0.15, 0.2) is 0 Å². The van der Waals surface area contributed by atoms with Crippen LogP contribution in [0.3, 0.4) is 0 Å². The molecule has 35 heavy (non-hydrogen) atoms. The topological polar surface area (TPSA) is 144 Å². The van der Waals surface area contributed by atoms with Gasteiger partial charge in [0.2, 0.25) is 0 Å². The van der Waals surface area contributed by atoms with E-state index in [2.05, 4.69) is 14.5 Å². The van der Waals surface area contributed by atoms with Gasteiger partial charge in [-0.2, -0.15) is 0 Å². The molecule has 0 radical (unpaired) electrons. The summed E-state index contributed by atoms with van der Waals surface area (Å²) in [6, 6.07) is 6.52. The Labute approximate surface area is 204 Å². The SMILES string of the molecule is CC(=O)O.CC(=O)O.COc1cccc(OC)c1-c1nccn1[C@@H]1C[C@H]2CO[C@@H](CCO)CN2C1. The number of aliphatic hydroxyl groups excluding tert-OH is 1. The summed E-state index contributed by atoms with van der Waals surface area (Å²) < 4.78 is 19.3. The molecule has 2 fully saturated rings. The highest BCUT2D eigenvalue weighted by molar-refractivity contribution is 5.72. The maximum Gasteiger partial charge on any atom is 0.300 e. The first-order valence-electron chi connectivity index (χ1n) is 11.3. The molecule has 194 valence electrons. The van der Waals surface area contributed by atoms with Gasteiger partial charge in [0, 0.05) is 58.0 Å². The van der Waals surface area contributed by atoms with Gasteiger partial charge in [0.25, 0.3) is 11.9 Å². The number of aliphatic carboxylic acids is 2. The van der Waals surface area contributed by atoms with E-state index >= 15 is 0 Å². The van der Waals surface area contributed by atoms with Crippen LogP contribution in [0.4, 0.5) is 0 Å². The highest BCUT2D eigenvalue weighted by Gasteiger charge is 2.38. The average Bonchev–Trinajstić information content (AvgIpc) is 3.44. The van der Waals surface area contributed by atoms with Crippen molar-refractivity contribution in [3.8, 4) is 22.9 Å². The van der Waals surface area contributed by atoms with E-state index in [9.17, 15) is 5.11 Å². The summed E-state index contributed by atoms with van der Waals surface area (Å²) in [5.41, 5.74) is 0.881. The van der Waals surface area contributed by atoms with E-state index in [1.165, 1.54) is 0 Å². The van der Waals surface area contributed by atoms with Crippen LogP contribution in [0.5, 0.6) is 11.5 Å². The van der Waals surface area contributed by atoms with Gasteiger partial charge in [-0.1, -0.05) is 6.07 Å². The third kappa shape index (κ3) is 7.94. The fourth-order valence-corrected chi connectivity index (χ4v) is 4.31. The molecule has 0 spiro atoms. The van der Waals surface area contributed by atoms with Crippen LogP contribution in [0.1, 0.15) is 32.7 Å². The summed E-state index contributed by atoms with van der Waals surface area (Å²) in [5, 5.41) is 24.0. The molecule has 1 aromatic carbocycles. The van der Waals surface area contributed by atoms with Crippen LogP contribution in [0.25, 0.3) is 11.4 Å². The molecular formula is C24H35N3O8. The number of fused-ring (bicyclic) bond motifs is 1. The second-order valence-corrected chi connectivity index (χ2v) is 8.20. The van der Waals surface area contributed by atoms with Gasteiger partial charge in [-0.15, -0.1) is 0 Å². The molecule has 11 heteroatoms. The molecule has 3 heterocycles. The van der Waals surface area contributed by atoms with Crippen LogP contribution in [0.15, 0.2) is 30.6 Å². The van der Waals surface area contributed by atoms with Crippen molar-refractivity contribution in [3.63, 3.8) is 0 Å². The van der Waals surface area contributed by atoms with Crippen LogP contribution in [-0.4, -0.2) is 94.4 Å². The first-order chi connectivity index (χ1) is 16.7. The van der Waals surface area contributed by atoms with Gasteiger partial charge in [0.1, 0.15) is 22.9 Å². The largest absolute Gasteiger partial charge is 0.496 e. The fourth-order valence-electron chi connectivity index (χ4n) is 4.31. The first-order valence-corrected chi connectivity index (χ1v) is 11.3. The predicted molar refractivity (Wildman–Crippen MR) is 128 cm³/mol. The fraction of sp³-hybridized carbons (Fsp3) is 0.542. The second-order valence-electron chi connectivity index (χ2n) is 8.20. The van der Waals surface area contributed by atoms with E-state index in [0.29, 0.717) is 18.5 Å². The summed E-state index contributed by atoms with van der Waals surface area (Å²) in [6.45, 7) is 4.90. The number of hydrogen-bond donors (Lipinski definition) is 3. The molecule has 2 aliphatic heterocycles. The van der Waals surface area contributed by atoms with Gasteiger partial charge in [-0.25, -0.2) is 4.98 Å². The number of rotatable bonds is 6. The van der Waals surface area contributed by atoms with Gasteiger partial charge in [-0.05, 0) is 25.0 Å². The molecule has 0 aliphatic carbocycles. The minimum Gasteiger partial charge on any atom is -0.496 e. The van der Waals surface area contributed by atoms with Crippen molar-refractivity contribution in [1.29, 1.82) is 0 Å². The monoisotopic (exact) mass is 493 g/mol. The van der Waals surface area contributed by atoms with Crippen molar-refractivity contribution in [2.75, 3.05) is 40.5 Å². The van der Waals surface area contributed by atoms with Crippen LogP contribution in [0.2, 0.25) is 0 Å². The molecule has 2 saturated heterocycles. The van der Waals surface area contributed by atoms with Crippen LogP contribution in [0, 0.1) is 0 Å². The Bertz CT molecular complexity index is 922. The molecule has 0 saturated carbocycles. The zero-order valence-corrected chi connectivity index (χ0v) is 20.6. The number of benzene rings is 1. The maximum atomic E-state index is 9.19. The first kappa shape index (κ1) is 28.1. The van der Waals surface area contributed by atoms with E-state index in [1.807, 2.05) is 30.6 Å². The van der Waals surface area contributed by atoms with Crippen molar-refractivity contribution in [1.82, 2.24) is 14.5 Å². The smallest absolute Gasteiger partial charge is 0.300 e. The zero-order valence-electron chi connectivity index (χ0n) is 20.6.